The van der Waals surface area contributed by atoms with Crippen LogP contribution in [0.4, 0.5) is 0 Å². The predicted octanol–water partition coefficient (Wildman–Crippen LogP) is 2.70. The SMILES string of the molecule is COc1cc2c(c3oc(=O)c(CC(=O)NCCNC(=O)c4ccncc4)c(C)c13)CCC(C)(C)O2. The van der Waals surface area contributed by atoms with Crippen LogP contribution in [0.5, 0.6) is 11.5 Å². The van der Waals surface area contributed by atoms with Gasteiger partial charge in [-0.1, -0.05) is 0 Å². The number of carbonyl (C=O) groups is 2. The fourth-order valence-electron chi connectivity index (χ4n) is 4.25. The number of ether oxygens (including phenoxy) is 2. The molecule has 35 heavy (non-hydrogen) atoms. The van der Waals surface area contributed by atoms with E-state index >= 15 is 0 Å². The maximum absolute atomic E-state index is 12.9. The highest BCUT2D eigenvalue weighted by molar-refractivity contribution is 5.94. The average Bonchev–Trinajstić information content (AvgIpc) is 2.83. The van der Waals surface area contributed by atoms with Crippen molar-refractivity contribution in [2.45, 2.75) is 45.6 Å². The zero-order valence-corrected chi connectivity index (χ0v) is 20.3. The molecule has 1 aliphatic rings. The van der Waals surface area contributed by atoms with Crippen LogP contribution in [-0.4, -0.2) is 42.6 Å². The number of aryl methyl sites for hydroxylation is 2. The van der Waals surface area contributed by atoms with Crippen LogP contribution in [0.1, 0.15) is 47.3 Å². The first-order valence-electron chi connectivity index (χ1n) is 11.5. The number of hydrogen-bond acceptors (Lipinski definition) is 7. The van der Waals surface area contributed by atoms with Crippen LogP contribution in [0.25, 0.3) is 11.0 Å². The highest BCUT2D eigenvalue weighted by Crippen LogP contribution is 2.43. The molecule has 4 rings (SSSR count). The highest BCUT2D eigenvalue weighted by atomic mass is 16.5. The van der Waals surface area contributed by atoms with Gasteiger partial charge in [0.05, 0.1) is 24.5 Å². The Balaban J connectivity index is 1.49. The number of aromatic nitrogens is 1. The molecule has 3 heterocycles. The lowest BCUT2D eigenvalue weighted by Crippen LogP contribution is -2.36. The van der Waals surface area contributed by atoms with Gasteiger partial charge in [-0.05, 0) is 51.3 Å². The number of benzene rings is 1. The molecule has 0 radical (unpaired) electrons. The van der Waals surface area contributed by atoms with Gasteiger partial charge in [-0.3, -0.25) is 14.6 Å². The lowest BCUT2D eigenvalue weighted by atomic mass is 9.91. The first kappa shape index (κ1) is 24.3. The second kappa shape index (κ2) is 9.77. The van der Waals surface area contributed by atoms with Gasteiger partial charge in [0.1, 0.15) is 22.7 Å². The van der Waals surface area contributed by atoms with E-state index in [0.717, 1.165) is 12.0 Å². The molecule has 0 unspecified atom stereocenters. The van der Waals surface area contributed by atoms with E-state index < -0.39 is 5.63 Å². The van der Waals surface area contributed by atoms with Crippen LogP contribution < -0.4 is 25.7 Å². The lowest BCUT2D eigenvalue weighted by molar-refractivity contribution is -0.120. The quantitative estimate of drug-likeness (QED) is 0.395. The van der Waals surface area contributed by atoms with Crippen molar-refractivity contribution in [3.63, 3.8) is 0 Å². The third-order valence-electron chi connectivity index (χ3n) is 6.17. The third kappa shape index (κ3) is 5.13. The summed E-state index contributed by atoms with van der Waals surface area (Å²) in [5, 5.41) is 6.12. The van der Waals surface area contributed by atoms with Crippen LogP contribution in [-0.2, 0) is 17.6 Å². The summed E-state index contributed by atoms with van der Waals surface area (Å²) in [6.07, 6.45) is 4.41. The minimum atomic E-state index is -0.559. The fraction of sp³-hybridized carbons (Fsp3) is 0.385. The van der Waals surface area contributed by atoms with Crippen molar-refractivity contribution >= 4 is 22.8 Å². The molecule has 0 bridgehead atoms. The number of nitrogens with zero attached hydrogens (tertiary/aromatic N) is 1. The smallest absolute Gasteiger partial charge is 0.340 e. The maximum atomic E-state index is 12.9. The van der Waals surface area contributed by atoms with E-state index in [1.54, 1.807) is 26.2 Å². The van der Waals surface area contributed by atoms with Crippen LogP contribution in [0, 0.1) is 6.92 Å². The van der Waals surface area contributed by atoms with E-state index in [0.29, 0.717) is 40.0 Å². The van der Waals surface area contributed by atoms with E-state index in [1.165, 1.54) is 12.4 Å². The highest BCUT2D eigenvalue weighted by Gasteiger charge is 2.31. The van der Waals surface area contributed by atoms with Crippen molar-refractivity contribution in [2.24, 2.45) is 0 Å². The number of carbonyl (C=O) groups excluding carboxylic acids is 2. The molecular weight excluding hydrogens is 450 g/mol. The summed E-state index contributed by atoms with van der Waals surface area (Å²) in [5.74, 6) is 0.570. The molecule has 0 saturated carbocycles. The summed E-state index contributed by atoms with van der Waals surface area (Å²) in [7, 11) is 1.55. The van der Waals surface area contributed by atoms with Crippen molar-refractivity contribution in [1.29, 1.82) is 0 Å². The normalized spacial score (nSPS) is 14.1. The van der Waals surface area contributed by atoms with Crippen molar-refractivity contribution < 1.29 is 23.5 Å². The first-order chi connectivity index (χ1) is 16.7. The Bertz CT molecular complexity index is 1330. The van der Waals surface area contributed by atoms with Crippen molar-refractivity contribution in [2.75, 3.05) is 20.2 Å². The Hall–Kier alpha value is -3.88. The van der Waals surface area contributed by atoms with E-state index in [2.05, 4.69) is 15.6 Å². The fourth-order valence-corrected chi connectivity index (χ4v) is 4.25. The van der Waals surface area contributed by atoms with E-state index in [1.807, 2.05) is 19.9 Å². The third-order valence-corrected chi connectivity index (χ3v) is 6.17. The maximum Gasteiger partial charge on any atom is 0.340 e. The predicted molar refractivity (Wildman–Crippen MR) is 130 cm³/mol. The Labute approximate surface area is 202 Å². The van der Waals surface area contributed by atoms with Gasteiger partial charge in [0, 0.05) is 42.7 Å². The van der Waals surface area contributed by atoms with Gasteiger partial charge < -0.3 is 24.5 Å². The van der Waals surface area contributed by atoms with Crippen LogP contribution in [0.15, 0.2) is 39.8 Å². The molecule has 0 fully saturated rings. The summed E-state index contributed by atoms with van der Waals surface area (Å²) < 4.78 is 17.4. The van der Waals surface area contributed by atoms with E-state index in [4.69, 9.17) is 13.9 Å². The molecule has 9 heteroatoms. The Morgan fingerprint density at radius 2 is 1.89 bits per heavy atom. The average molecular weight is 480 g/mol. The molecule has 0 saturated heterocycles. The molecule has 0 spiro atoms. The Kier molecular flexibility index (Phi) is 6.77. The number of methoxy groups -OCH3 is 1. The summed E-state index contributed by atoms with van der Waals surface area (Å²) >= 11 is 0. The van der Waals surface area contributed by atoms with Crippen molar-refractivity contribution in [3.8, 4) is 11.5 Å². The summed E-state index contributed by atoms with van der Waals surface area (Å²) in [4.78, 5) is 41.4. The topological polar surface area (TPSA) is 120 Å². The van der Waals surface area contributed by atoms with Crippen LogP contribution >= 0.6 is 0 Å². The molecule has 0 atom stereocenters. The number of amides is 2. The Morgan fingerprint density at radius 3 is 2.60 bits per heavy atom. The zero-order chi connectivity index (χ0) is 25.2. The number of hydrogen-bond donors (Lipinski definition) is 2. The molecule has 9 nitrogen and oxygen atoms in total. The largest absolute Gasteiger partial charge is 0.496 e. The second-order valence-electron chi connectivity index (χ2n) is 9.13. The summed E-state index contributed by atoms with van der Waals surface area (Å²) in [5.41, 5.74) is 1.79. The standard InChI is InChI=1S/C26H29N3O6/c1-15-18(13-21(30)28-11-12-29-24(31)16-6-9-27-10-7-16)25(32)34-23-17-5-8-26(2,3)35-19(17)14-20(33-4)22(15)23/h6-7,9-10,14H,5,8,11-13H2,1-4H3,(H,28,30)(H,29,31). The lowest BCUT2D eigenvalue weighted by Gasteiger charge is -2.33. The summed E-state index contributed by atoms with van der Waals surface area (Å²) in [6.45, 7) is 6.28. The van der Waals surface area contributed by atoms with Gasteiger partial charge in [-0.25, -0.2) is 4.79 Å². The van der Waals surface area contributed by atoms with Crippen molar-refractivity contribution in [1.82, 2.24) is 15.6 Å². The molecule has 3 aromatic rings. The molecule has 184 valence electrons. The minimum Gasteiger partial charge on any atom is -0.496 e. The molecule has 2 N–H and O–H groups in total. The molecule has 1 aromatic carbocycles. The monoisotopic (exact) mass is 479 g/mol. The molecule has 1 aliphatic heterocycles. The first-order valence-corrected chi connectivity index (χ1v) is 11.5. The zero-order valence-electron chi connectivity index (χ0n) is 20.3. The number of pyridine rings is 1. The number of fused-ring (bicyclic) bond motifs is 3. The molecule has 2 aromatic heterocycles. The number of rotatable bonds is 7. The molecule has 2 amide bonds. The van der Waals surface area contributed by atoms with Gasteiger partial charge in [-0.15, -0.1) is 0 Å². The van der Waals surface area contributed by atoms with Crippen molar-refractivity contribution in [3.05, 3.63) is 63.3 Å². The van der Waals surface area contributed by atoms with Gasteiger partial charge in [0.25, 0.3) is 5.91 Å². The second-order valence-corrected chi connectivity index (χ2v) is 9.13. The van der Waals surface area contributed by atoms with Gasteiger partial charge in [-0.2, -0.15) is 0 Å². The van der Waals surface area contributed by atoms with Crippen LogP contribution in [0.3, 0.4) is 0 Å². The van der Waals surface area contributed by atoms with E-state index in [9.17, 15) is 14.4 Å². The van der Waals surface area contributed by atoms with E-state index in [-0.39, 0.29) is 42.5 Å². The Morgan fingerprint density at radius 1 is 1.17 bits per heavy atom. The minimum absolute atomic E-state index is 0.147. The molecular formula is C26H29N3O6. The summed E-state index contributed by atoms with van der Waals surface area (Å²) in [6, 6.07) is 5.03. The van der Waals surface area contributed by atoms with Gasteiger partial charge in [0.2, 0.25) is 5.91 Å². The van der Waals surface area contributed by atoms with Gasteiger partial charge >= 0.3 is 5.63 Å². The van der Waals surface area contributed by atoms with Crippen LogP contribution in [0.2, 0.25) is 0 Å². The molecule has 0 aliphatic carbocycles. The van der Waals surface area contributed by atoms with Gasteiger partial charge in [0.15, 0.2) is 0 Å². The number of nitrogens with one attached hydrogen (secondary N) is 2.